The van der Waals surface area contributed by atoms with Gasteiger partial charge >= 0.3 is 6.18 Å². The fourth-order valence-electron chi connectivity index (χ4n) is 2.91. The molecule has 3 rings (SSSR count). The Balaban J connectivity index is 1.78. The van der Waals surface area contributed by atoms with Crippen molar-refractivity contribution in [2.75, 3.05) is 6.54 Å². The average molecular weight is 307 g/mol. The summed E-state index contributed by atoms with van der Waals surface area (Å²) in [6, 6.07) is 5.66. The highest BCUT2D eigenvalue weighted by molar-refractivity contribution is 5.26. The maximum Gasteiger partial charge on any atom is 0.416 e. The standard InChI is InChI=1S/C16H16F3N3/c17-16(18,19)13-4-1-3-12(9-13)11-22-8-2-5-15(22)14-10-20-6-7-21-14/h1,3-4,6-7,9-10,15H,2,5,8,11H2/t15-/m1/s1. The lowest BCUT2D eigenvalue weighted by Gasteiger charge is -2.24. The van der Waals surface area contributed by atoms with E-state index in [1.54, 1.807) is 24.7 Å². The summed E-state index contributed by atoms with van der Waals surface area (Å²) in [5.74, 6) is 0. The number of hydrogen-bond acceptors (Lipinski definition) is 3. The van der Waals surface area contributed by atoms with Gasteiger partial charge in [0.05, 0.1) is 17.3 Å². The summed E-state index contributed by atoms with van der Waals surface area (Å²) in [6.45, 7) is 1.35. The van der Waals surface area contributed by atoms with Crippen molar-refractivity contribution in [1.82, 2.24) is 14.9 Å². The molecule has 6 heteroatoms. The molecule has 1 atom stereocenters. The Morgan fingerprint density at radius 2 is 2.09 bits per heavy atom. The van der Waals surface area contributed by atoms with Crippen molar-refractivity contribution in [2.24, 2.45) is 0 Å². The van der Waals surface area contributed by atoms with E-state index in [2.05, 4.69) is 14.9 Å². The minimum Gasteiger partial charge on any atom is -0.290 e. The quantitative estimate of drug-likeness (QED) is 0.863. The highest BCUT2D eigenvalue weighted by Crippen LogP contribution is 2.33. The van der Waals surface area contributed by atoms with Gasteiger partial charge in [0.2, 0.25) is 0 Å². The number of halogens is 3. The fourth-order valence-corrected chi connectivity index (χ4v) is 2.91. The Hall–Kier alpha value is -1.95. The van der Waals surface area contributed by atoms with Crippen molar-refractivity contribution in [3.8, 4) is 0 Å². The largest absolute Gasteiger partial charge is 0.416 e. The molecule has 1 fully saturated rings. The molecule has 22 heavy (non-hydrogen) atoms. The molecule has 1 aromatic carbocycles. The first-order valence-corrected chi connectivity index (χ1v) is 7.20. The molecule has 1 aliphatic rings. The Morgan fingerprint density at radius 3 is 2.82 bits per heavy atom. The smallest absolute Gasteiger partial charge is 0.290 e. The first-order valence-electron chi connectivity index (χ1n) is 7.20. The molecule has 2 aromatic rings. The first kappa shape index (κ1) is 15.0. The van der Waals surface area contributed by atoms with Gasteiger partial charge in [-0.2, -0.15) is 13.2 Å². The van der Waals surface area contributed by atoms with Crippen molar-refractivity contribution < 1.29 is 13.2 Å². The Morgan fingerprint density at radius 1 is 1.23 bits per heavy atom. The third kappa shape index (κ3) is 3.27. The van der Waals surface area contributed by atoms with Crippen LogP contribution in [0.1, 0.15) is 35.7 Å². The van der Waals surface area contributed by atoms with Crippen LogP contribution in [-0.4, -0.2) is 21.4 Å². The van der Waals surface area contributed by atoms with Crippen molar-refractivity contribution in [3.63, 3.8) is 0 Å². The highest BCUT2D eigenvalue weighted by atomic mass is 19.4. The first-order chi connectivity index (χ1) is 10.5. The number of benzene rings is 1. The van der Waals surface area contributed by atoms with Crippen LogP contribution in [0.15, 0.2) is 42.9 Å². The number of likely N-dealkylation sites (tertiary alicyclic amines) is 1. The van der Waals surface area contributed by atoms with Gasteiger partial charge in [0.25, 0.3) is 0 Å². The summed E-state index contributed by atoms with van der Waals surface area (Å²) >= 11 is 0. The molecule has 2 heterocycles. The molecule has 116 valence electrons. The predicted octanol–water partition coefficient (Wildman–Crippen LogP) is 3.83. The molecular formula is C16H16F3N3. The minimum atomic E-state index is -4.30. The zero-order valence-electron chi connectivity index (χ0n) is 11.9. The van der Waals surface area contributed by atoms with Crippen LogP contribution in [0.3, 0.4) is 0 Å². The van der Waals surface area contributed by atoms with E-state index in [9.17, 15) is 13.2 Å². The van der Waals surface area contributed by atoms with Gasteiger partial charge in [-0.1, -0.05) is 18.2 Å². The Kier molecular flexibility index (Phi) is 4.11. The van der Waals surface area contributed by atoms with E-state index in [4.69, 9.17) is 0 Å². The maximum absolute atomic E-state index is 12.8. The van der Waals surface area contributed by atoms with Crippen molar-refractivity contribution in [3.05, 3.63) is 59.7 Å². The normalized spacial score (nSPS) is 19.5. The summed E-state index contributed by atoms with van der Waals surface area (Å²) in [5.41, 5.74) is 0.956. The van der Waals surface area contributed by atoms with Crippen LogP contribution in [0, 0.1) is 0 Å². The second-order valence-electron chi connectivity index (χ2n) is 5.46. The zero-order valence-corrected chi connectivity index (χ0v) is 11.9. The number of aromatic nitrogens is 2. The molecule has 0 unspecified atom stereocenters. The molecule has 0 amide bonds. The summed E-state index contributed by atoms with van der Waals surface area (Å²) < 4.78 is 38.4. The van der Waals surface area contributed by atoms with Crippen molar-refractivity contribution in [1.29, 1.82) is 0 Å². The summed E-state index contributed by atoms with van der Waals surface area (Å²) in [4.78, 5) is 10.6. The van der Waals surface area contributed by atoms with Crippen LogP contribution in [0.25, 0.3) is 0 Å². The molecular weight excluding hydrogens is 291 g/mol. The number of alkyl halides is 3. The molecule has 1 saturated heterocycles. The van der Waals surface area contributed by atoms with E-state index < -0.39 is 11.7 Å². The van der Waals surface area contributed by atoms with E-state index in [0.717, 1.165) is 31.1 Å². The maximum atomic E-state index is 12.8. The molecule has 0 radical (unpaired) electrons. The van der Waals surface area contributed by atoms with Gasteiger partial charge in [0.15, 0.2) is 0 Å². The van der Waals surface area contributed by atoms with Gasteiger partial charge in [-0.3, -0.25) is 14.9 Å². The van der Waals surface area contributed by atoms with Crippen LogP contribution in [0.2, 0.25) is 0 Å². The lowest BCUT2D eigenvalue weighted by atomic mass is 10.1. The Labute approximate surface area is 126 Å². The van der Waals surface area contributed by atoms with Gasteiger partial charge in [-0.25, -0.2) is 0 Å². The van der Waals surface area contributed by atoms with E-state index in [1.165, 1.54) is 12.1 Å². The van der Waals surface area contributed by atoms with Crippen LogP contribution in [0.5, 0.6) is 0 Å². The van der Waals surface area contributed by atoms with Gasteiger partial charge in [-0.05, 0) is 31.0 Å². The van der Waals surface area contributed by atoms with Crippen LogP contribution >= 0.6 is 0 Å². The zero-order chi connectivity index (χ0) is 15.6. The van der Waals surface area contributed by atoms with Crippen LogP contribution in [0.4, 0.5) is 13.2 Å². The van der Waals surface area contributed by atoms with Crippen LogP contribution < -0.4 is 0 Å². The summed E-state index contributed by atoms with van der Waals surface area (Å²) in [6.07, 6.45) is 2.67. The monoisotopic (exact) mass is 307 g/mol. The molecule has 0 saturated carbocycles. The second-order valence-corrected chi connectivity index (χ2v) is 5.46. The number of hydrogen-bond donors (Lipinski definition) is 0. The molecule has 3 nitrogen and oxygen atoms in total. The summed E-state index contributed by atoms with van der Waals surface area (Å²) in [7, 11) is 0. The van der Waals surface area contributed by atoms with Crippen molar-refractivity contribution in [2.45, 2.75) is 31.6 Å². The number of rotatable bonds is 3. The average Bonchev–Trinajstić information content (AvgIpc) is 2.96. The molecule has 1 aliphatic heterocycles. The molecule has 0 bridgehead atoms. The van der Waals surface area contributed by atoms with Gasteiger partial charge < -0.3 is 0 Å². The summed E-state index contributed by atoms with van der Waals surface area (Å²) in [5, 5.41) is 0. The van der Waals surface area contributed by atoms with Gasteiger partial charge in [-0.15, -0.1) is 0 Å². The predicted molar refractivity (Wildman–Crippen MR) is 75.9 cm³/mol. The van der Waals surface area contributed by atoms with Crippen molar-refractivity contribution >= 4 is 0 Å². The SMILES string of the molecule is FC(F)(F)c1cccc(CN2CCC[C@@H]2c2cnccn2)c1. The van der Waals surface area contributed by atoms with E-state index in [-0.39, 0.29) is 6.04 Å². The van der Waals surface area contributed by atoms with E-state index >= 15 is 0 Å². The van der Waals surface area contributed by atoms with E-state index in [1.807, 2.05) is 0 Å². The fraction of sp³-hybridized carbons (Fsp3) is 0.375. The van der Waals surface area contributed by atoms with Gasteiger partial charge in [0.1, 0.15) is 0 Å². The third-order valence-electron chi connectivity index (χ3n) is 3.93. The minimum absolute atomic E-state index is 0.128. The van der Waals surface area contributed by atoms with E-state index in [0.29, 0.717) is 12.1 Å². The topological polar surface area (TPSA) is 29.0 Å². The molecule has 0 aliphatic carbocycles. The second kappa shape index (κ2) is 6.04. The lowest BCUT2D eigenvalue weighted by Crippen LogP contribution is -2.23. The lowest BCUT2D eigenvalue weighted by molar-refractivity contribution is -0.137. The molecule has 0 N–H and O–H groups in total. The third-order valence-corrected chi connectivity index (χ3v) is 3.93. The molecule has 0 spiro atoms. The highest BCUT2D eigenvalue weighted by Gasteiger charge is 2.31. The van der Waals surface area contributed by atoms with Crippen LogP contribution in [-0.2, 0) is 12.7 Å². The molecule has 1 aromatic heterocycles. The Bertz CT molecular complexity index is 628. The van der Waals surface area contributed by atoms with Gasteiger partial charge in [0, 0.05) is 25.1 Å². The number of nitrogens with zero attached hydrogens (tertiary/aromatic N) is 3.